The van der Waals surface area contributed by atoms with Gasteiger partial charge < -0.3 is 16.0 Å². The Bertz CT molecular complexity index is 435. The minimum Gasteiger partial charge on any atom is -0.370 e. The van der Waals surface area contributed by atoms with Crippen molar-refractivity contribution in [3.63, 3.8) is 0 Å². The molecular weight excluding hydrogens is 286 g/mol. The number of nitro groups is 1. The third-order valence-corrected chi connectivity index (χ3v) is 3.98. The Kier molecular flexibility index (Phi) is 7.04. The lowest BCUT2D eigenvalue weighted by Crippen LogP contribution is -2.26. The topological polar surface area (TPSA) is 92.1 Å². The van der Waals surface area contributed by atoms with Crippen LogP contribution in [0.3, 0.4) is 0 Å². The summed E-state index contributed by atoms with van der Waals surface area (Å²) in [5, 5.41) is 21.9. The maximum atomic E-state index is 10.3. The van der Waals surface area contributed by atoms with Crippen molar-refractivity contribution in [3.05, 3.63) is 33.2 Å². The van der Waals surface area contributed by atoms with Gasteiger partial charge in [-0.15, -0.1) is 11.3 Å². The summed E-state index contributed by atoms with van der Waals surface area (Å²) in [7, 11) is 3.49. The molecule has 0 radical (unpaired) electrons. The van der Waals surface area contributed by atoms with Crippen LogP contribution in [-0.4, -0.2) is 36.3 Å². The Labute approximate surface area is 120 Å². The normalized spacial score (nSPS) is 11.2. The number of rotatable bonds is 9. The maximum absolute atomic E-state index is 10.3. The molecule has 0 unspecified atom stereocenters. The smallest absolute Gasteiger partial charge is 0.274 e. The van der Waals surface area contributed by atoms with Gasteiger partial charge in [-0.1, -0.05) is 0 Å². The van der Waals surface area contributed by atoms with Crippen LogP contribution in [0.15, 0.2) is 17.4 Å². The minimum absolute atomic E-state index is 0.414. The van der Waals surface area contributed by atoms with Crippen molar-refractivity contribution < 1.29 is 4.92 Å². The van der Waals surface area contributed by atoms with Crippen molar-refractivity contribution in [2.75, 3.05) is 31.7 Å². The lowest BCUT2D eigenvalue weighted by molar-refractivity contribution is -0.404. The highest BCUT2D eigenvalue weighted by Crippen LogP contribution is 2.18. The van der Waals surface area contributed by atoms with Gasteiger partial charge in [-0.2, -0.15) is 11.8 Å². The van der Waals surface area contributed by atoms with Gasteiger partial charge in [0.25, 0.3) is 6.20 Å². The summed E-state index contributed by atoms with van der Waals surface area (Å²) in [5.74, 6) is 2.10. The molecule has 0 spiro atoms. The van der Waals surface area contributed by atoms with Crippen LogP contribution in [0.25, 0.3) is 0 Å². The molecule has 1 heterocycles. The van der Waals surface area contributed by atoms with E-state index in [9.17, 15) is 10.1 Å². The van der Waals surface area contributed by atoms with Crippen LogP contribution in [0.1, 0.15) is 5.69 Å². The second kappa shape index (κ2) is 8.59. The van der Waals surface area contributed by atoms with Crippen molar-refractivity contribution in [2.24, 2.45) is 0 Å². The molecule has 1 aromatic heterocycles. The minimum atomic E-state index is -0.486. The van der Waals surface area contributed by atoms with E-state index in [4.69, 9.17) is 0 Å². The summed E-state index contributed by atoms with van der Waals surface area (Å²) in [6.07, 6.45) is 0.921. The average Bonchev–Trinajstić information content (AvgIpc) is 2.84. The fraction of sp³-hybridized carbons (Fsp3) is 0.500. The van der Waals surface area contributed by atoms with Crippen LogP contribution in [0.4, 0.5) is 5.13 Å². The standard InChI is InChI=1S/C10H17N5O2S2/c1-11-9(5-15(16)17)13-3-4-18-6-8-7-19-10(12-2)14-8/h5,7,11,13H,3-4,6H2,1-2H3,(H,12,14)/b9-5+. The number of nitrogens with zero attached hydrogens (tertiary/aromatic N) is 2. The third kappa shape index (κ3) is 6.30. The van der Waals surface area contributed by atoms with Gasteiger partial charge in [0.1, 0.15) is 0 Å². The third-order valence-electron chi connectivity index (χ3n) is 2.08. The molecule has 0 bridgehead atoms. The van der Waals surface area contributed by atoms with Crippen molar-refractivity contribution in [3.8, 4) is 0 Å². The van der Waals surface area contributed by atoms with E-state index < -0.39 is 4.92 Å². The first-order valence-corrected chi connectivity index (χ1v) is 7.66. The molecule has 19 heavy (non-hydrogen) atoms. The quantitative estimate of drug-likeness (QED) is 0.360. The Balaban J connectivity index is 2.18. The number of thioether (sulfide) groups is 1. The highest BCUT2D eigenvalue weighted by atomic mass is 32.2. The summed E-state index contributed by atoms with van der Waals surface area (Å²) < 4.78 is 0. The molecule has 0 aliphatic carbocycles. The number of aromatic nitrogens is 1. The predicted molar refractivity (Wildman–Crippen MR) is 80.0 cm³/mol. The van der Waals surface area contributed by atoms with Crippen LogP contribution < -0.4 is 16.0 Å². The van der Waals surface area contributed by atoms with Crippen LogP contribution in [0.2, 0.25) is 0 Å². The van der Waals surface area contributed by atoms with Crippen LogP contribution in [0.5, 0.6) is 0 Å². The Hall–Kier alpha value is -1.48. The van der Waals surface area contributed by atoms with E-state index in [1.165, 1.54) is 0 Å². The zero-order chi connectivity index (χ0) is 14.1. The van der Waals surface area contributed by atoms with Crippen molar-refractivity contribution >= 4 is 28.2 Å². The van der Waals surface area contributed by atoms with Gasteiger partial charge in [0, 0.05) is 37.5 Å². The highest BCUT2D eigenvalue weighted by molar-refractivity contribution is 7.98. The van der Waals surface area contributed by atoms with Gasteiger partial charge >= 0.3 is 0 Å². The molecule has 0 saturated heterocycles. The molecule has 0 aliphatic heterocycles. The second-order valence-electron chi connectivity index (χ2n) is 3.45. The van der Waals surface area contributed by atoms with Crippen LogP contribution >= 0.6 is 23.1 Å². The Morgan fingerprint density at radius 1 is 1.63 bits per heavy atom. The molecule has 1 aromatic rings. The molecule has 3 N–H and O–H groups in total. The molecule has 1 rings (SSSR count). The number of nitrogens with one attached hydrogen (secondary N) is 3. The molecular formula is C10H17N5O2S2. The highest BCUT2D eigenvalue weighted by Gasteiger charge is 2.01. The second-order valence-corrected chi connectivity index (χ2v) is 5.41. The van der Waals surface area contributed by atoms with Gasteiger partial charge in [0.05, 0.1) is 10.6 Å². The Morgan fingerprint density at radius 3 is 3.00 bits per heavy atom. The van der Waals surface area contributed by atoms with E-state index in [-0.39, 0.29) is 0 Å². The summed E-state index contributed by atoms with van der Waals surface area (Å²) in [5.41, 5.74) is 1.05. The van der Waals surface area contributed by atoms with Gasteiger partial charge in [0.15, 0.2) is 11.0 Å². The van der Waals surface area contributed by atoms with Crippen LogP contribution in [0, 0.1) is 10.1 Å². The molecule has 7 nitrogen and oxygen atoms in total. The first-order chi connectivity index (χ1) is 9.15. The van der Waals surface area contributed by atoms with Crippen molar-refractivity contribution in [1.29, 1.82) is 0 Å². The first kappa shape index (κ1) is 15.6. The Morgan fingerprint density at radius 2 is 2.42 bits per heavy atom. The molecule has 0 fully saturated rings. The number of hydrogen-bond acceptors (Lipinski definition) is 8. The molecule has 0 aromatic carbocycles. The molecule has 9 heteroatoms. The molecule has 0 saturated carbocycles. The summed E-state index contributed by atoms with van der Waals surface area (Å²) >= 11 is 3.31. The van der Waals surface area contributed by atoms with E-state index >= 15 is 0 Å². The van der Waals surface area contributed by atoms with E-state index in [2.05, 4.69) is 20.9 Å². The predicted octanol–water partition coefficient (Wildman–Crippen LogP) is 1.30. The van der Waals surface area contributed by atoms with Crippen LogP contribution in [-0.2, 0) is 5.75 Å². The number of anilines is 1. The number of thiazole rings is 1. The number of hydrogen-bond donors (Lipinski definition) is 3. The lowest BCUT2D eigenvalue weighted by atomic mass is 10.6. The van der Waals surface area contributed by atoms with Gasteiger partial charge in [-0.25, -0.2) is 4.98 Å². The average molecular weight is 303 g/mol. The zero-order valence-corrected chi connectivity index (χ0v) is 12.4. The fourth-order valence-electron chi connectivity index (χ4n) is 1.23. The van der Waals surface area contributed by atoms with Gasteiger partial charge in [-0.3, -0.25) is 10.1 Å². The first-order valence-electron chi connectivity index (χ1n) is 5.62. The maximum Gasteiger partial charge on any atom is 0.274 e. The summed E-state index contributed by atoms with van der Waals surface area (Å²) in [6.45, 7) is 0.661. The fourth-order valence-corrected chi connectivity index (χ4v) is 2.75. The van der Waals surface area contributed by atoms with E-state index in [0.29, 0.717) is 12.4 Å². The van der Waals surface area contributed by atoms with E-state index in [0.717, 1.165) is 28.5 Å². The molecule has 106 valence electrons. The van der Waals surface area contributed by atoms with Crippen molar-refractivity contribution in [2.45, 2.75) is 5.75 Å². The molecule has 0 amide bonds. The lowest BCUT2D eigenvalue weighted by Gasteiger charge is -2.06. The van der Waals surface area contributed by atoms with Gasteiger partial charge in [0.2, 0.25) is 0 Å². The molecule has 0 atom stereocenters. The zero-order valence-electron chi connectivity index (χ0n) is 10.8. The van der Waals surface area contributed by atoms with E-state index in [1.807, 2.05) is 12.4 Å². The van der Waals surface area contributed by atoms with E-state index in [1.54, 1.807) is 30.1 Å². The molecule has 0 aliphatic rings. The van der Waals surface area contributed by atoms with Crippen molar-refractivity contribution in [1.82, 2.24) is 15.6 Å². The van der Waals surface area contributed by atoms with Gasteiger partial charge in [-0.05, 0) is 0 Å². The summed E-state index contributed by atoms with van der Waals surface area (Å²) in [4.78, 5) is 14.2. The largest absolute Gasteiger partial charge is 0.370 e. The SMILES string of the molecule is CN/C(=C\[N+](=O)[O-])NCCSCc1csc(NC)n1. The summed E-state index contributed by atoms with van der Waals surface area (Å²) in [6, 6.07) is 0. The monoisotopic (exact) mass is 303 g/mol.